The zero-order chi connectivity index (χ0) is 17.2. The van der Waals surface area contributed by atoms with Gasteiger partial charge in [-0.3, -0.25) is 9.78 Å². The third-order valence-corrected chi connectivity index (χ3v) is 4.58. The lowest BCUT2D eigenvalue weighted by Gasteiger charge is -2.23. The summed E-state index contributed by atoms with van der Waals surface area (Å²) in [4.78, 5) is 17.0. The molecule has 4 rings (SSSR count). The van der Waals surface area contributed by atoms with E-state index in [0.29, 0.717) is 11.4 Å². The monoisotopic (exact) mass is 336 g/mol. The Bertz CT molecular complexity index is 908. The Kier molecular flexibility index (Phi) is 4.15. The summed E-state index contributed by atoms with van der Waals surface area (Å²) in [6.45, 7) is 3.66. The number of fused-ring (bicyclic) bond motifs is 1. The van der Waals surface area contributed by atoms with Crippen LogP contribution in [-0.4, -0.2) is 45.0 Å². The van der Waals surface area contributed by atoms with E-state index in [1.807, 2.05) is 37.3 Å². The van der Waals surface area contributed by atoms with Crippen molar-refractivity contribution in [2.24, 2.45) is 0 Å². The van der Waals surface area contributed by atoms with Gasteiger partial charge in [0.05, 0.1) is 16.9 Å². The van der Waals surface area contributed by atoms with Crippen LogP contribution in [0.25, 0.3) is 16.6 Å². The number of hydrogen-bond acceptors (Lipinski definition) is 5. The minimum absolute atomic E-state index is 0.144. The molecule has 1 fully saturated rings. The highest BCUT2D eigenvalue weighted by Crippen LogP contribution is 2.21. The van der Waals surface area contributed by atoms with Gasteiger partial charge in [-0.2, -0.15) is 0 Å². The lowest BCUT2D eigenvalue weighted by Crippen LogP contribution is -2.45. The molecule has 1 aromatic carbocycles. The molecule has 0 saturated carbocycles. The summed E-state index contributed by atoms with van der Waals surface area (Å²) in [5, 5.41) is 15.7. The number of carbonyl (C=O) groups excluding carboxylic acids is 1. The number of nitrogens with one attached hydrogen (secondary N) is 2. The molecule has 2 aromatic heterocycles. The molecule has 0 spiro atoms. The van der Waals surface area contributed by atoms with E-state index < -0.39 is 0 Å². The first-order valence-corrected chi connectivity index (χ1v) is 8.52. The second-order valence-electron chi connectivity index (χ2n) is 6.30. The van der Waals surface area contributed by atoms with Gasteiger partial charge in [0, 0.05) is 24.2 Å². The molecule has 1 unspecified atom stereocenters. The van der Waals surface area contributed by atoms with Gasteiger partial charge < -0.3 is 10.6 Å². The third-order valence-electron chi connectivity index (χ3n) is 4.58. The Balaban J connectivity index is 1.65. The standard InChI is InChI=1S/C18H20N6O/c1-12-16(18(25)21-14-7-4-9-19-11-14)22-23-24(12)15-8-2-5-13-6-3-10-20-17(13)15/h2-3,5-6,8,10,14,19H,4,7,9,11H2,1H3,(H,21,25). The summed E-state index contributed by atoms with van der Waals surface area (Å²) in [6, 6.07) is 9.93. The first-order valence-electron chi connectivity index (χ1n) is 8.52. The SMILES string of the molecule is Cc1c(C(=O)NC2CCCNC2)nnn1-c1cccc2cccnc12. The Morgan fingerprint density at radius 3 is 3.04 bits per heavy atom. The number of benzene rings is 1. The van der Waals surface area contributed by atoms with Gasteiger partial charge in [0.25, 0.3) is 5.91 Å². The molecule has 0 bridgehead atoms. The highest BCUT2D eigenvalue weighted by molar-refractivity contribution is 5.94. The van der Waals surface area contributed by atoms with Crippen molar-refractivity contribution in [2.45, 2.75) is 25.8 Å². The lowest BCUT2D eigenvalue weighted by molar-refractivity contribution is 0.0925. The first-order chi connectivity index (χ1) is 12.2. The fourth-order valence-corrected chi connectivity index (χ4v) is 3.26. The van der Waals surface area contributed by atoms with Gasteiger partial charge in [0.2, 0.25) is 0 Å². The quantitative estimate of drug-likeness (QED) is 0.759. The molecule has 3 heterocycles. The molecule has 1 aliphatic heterocycles. The summed E-state index contributed by atoms with van der Waals surface area (Å²) in [7, 11) is 0. The molecule has 0 aliphatic carbocycles. The number of hydrogen-bond donors (Lipinski definition) is 2. The van der Waals surface area contributed by atoms with Crippen molar-refractivity contribution in [2.75, 3.05) is 13.1 Å². The van der Waals surface area contributed by atoms with Crippen molar-refractivity contribution in [1.29, 1.82) is 0 Å². The number of nitrogens with zero attached hydrogens (tertiary/aromatic N) is 4. The minimum atomic E-state index is -0.175. The molecule has 25 heavy (non-hydrogen) atoms. The smallest absolute Gasteiger partial charge is 0.274 e. The number of aromatic nitrogens is 4. The van der Waals surface area contributed by atoms with Gasteiger partial charge in [0.15, 0.2) is 5.69 Å². The van der Waals surface area contributed by atoms with Crippen LogP contribution in [0.15, 0.2) is 36.5 Å². The molecule has 1 amide bonds. The highest BCUT2D eigenvalue weighted by atomic mass is 16.2. The predicted octanol–water partition coefficient (Wildman–Crippen LogP) is 1.61. The van der Waals surface area contributed by atoms with Crippen LogP contribution in [0.4, 0.5) is 0 Å². The van der Waals surface area contributed by atoms with Crippen LogP contribution in [0.3, 0.4) is 0 Å². The highest BCUT2D eigenvalue weighted by Gasteiger charge is 2.22. The third kappa shape index (κ3) is 2.98. The van der Waals surface area contributed by atoms with Crippen LogP contribution in [0.1, 0.15) is 29.0 Å². The summed E-state index contributed by atoms with van der Waals surface area (Å²) < 4.78 is 1.68. The molecule has 1 aliphatic rings. The van der Waals surface area contributed by atoms with Crippen molar-refractivity contribution in [3.8, 4) is 5.69 Å². The summed E-state index contributed by atoms with van der Waals surface area (Å²) in [5.41, 5.74) is 2.72. The summed E-state index contributed by atoms with van der Waals surface area (Å²) in [5.74, 6) is -0.175. The van der Waals surface area contributed by atoms with Gasteiger partial charge in [-0.25, -0.2) is 4.68 Å². The fraction of sp³-hybridized carbons (Fsp3) is 0.333. The molecule has 7 nitrogen and oxygen atoms in total. The van der Waals surface area contributed by atoms with E-state index in [-0.39, 0.29) is 11.9 Å². The Labute approximate surface area is 145 Å². The molecule has 1 atom stereocenters. The zero-order valence-corrected chi connectivity index (χ0v) is 14.1. The van der Waals surface area contributed by atoms with Gasteiger partial charge in [-0.1, -0.05) is 23.4 Å². The van der Waals surface area contributed by atoms with E-state index in [1.54, 1.807) is 10.9 Å². The van der Waals surface area contributed by atoms with Gasteiger partial charge in [-0.05, 0) is 38.4 Å². The molecule has 3 aromatic rings. The summed E-state index contributed by atoms with van der Waals surface area (Å²) >= 11 is 0. The van der Waals surface area contributed by atoms with E-state index >= 15 is 0 Å². The van der Waals surface area contributed by atoms with Crippen LogP contribution in [0.5, 0.6) is 0 Å². The molecule has 0 radical (unpaired) electrons. The van der Waals surface area contributed by atoms with E-state index in [0.717, 1.165) is 42.5 Å². The van der Waals surface area contributed by atoms with Crippen molar-refractivity contribution in [3.63, 3.8) is 0 Å². The number of rotatable bonds is 3. The van der Waals surface area contributed by atoms with Crippen LogP contribution in [-0.2, 0) is 0 Å². The number of carbonyl (C=O) groups is 1. The molecular formula is C18H20N6O. The molecule has 7 heteroatoms. The van der Waals surface area contributed by atoms with Crippen LogP contribution >= 0.6 is 0 Å². The Hall–Kier alpha value is -2.80. The second kappa shape index (κ2) is 6.60. The van der Waals surface area contributed by atoms with Gasteiger partial charge in [0.1, 0.15) is 0 Å². The average Bonchev–Trinajstić information content (AvgIpc) is 3.03. The van der Waals surface area contributed by atoms with Crippen LogP contribution < -0.4 is 10.6 Å². The van der Waals surface area contributed by atoms with Crippen LogP contribution in [0.2, 0.25) is 0 Å². The number of piperidine rings is 1. The van der Waals surface area contributed by atoms with E-state index in [1.165, 1.54) is 0 Å². The molecule has 128 valence electrons. The Morgan fingerprint density at radius 2 is 2.20 bits per heavy atom. The van der Waals surface area contributed by atoms with E-state index in [4.69, 9.17) is 0 Å². The normalized spacial score (nSPS) is 17.6. The van der Waals surface area contributed by atoms with Crippen molar-refractivity contribution < 1.29 is 4.79 Å². The van der Waals surface area contributed by atoms with Crippen LogP contribution in [0, 0.1) is 6.92 Å². The van der Waals surface area contributed by atoms with E-state index in [9.17, 15) is 4.79 Å². The van der Waals surface area contributed by atoms with Crippen molar-refractivity contribution in [1.82, 2.24) is 30.6 Å². The largest absolute Gasteiger partial charge is 0.347 e. The van der Waals surface area contributed by atoms with E-state index in [2.05, 4.69) is 25.9 Å². The lowest BCUT2D eigenvalue weighted by atomic mass is 10.1. The van der Waals surface area contributed by atoms with Gasteiger partial charge >= 0.3 is 0 Å². The zero-order valence-electron chi connectivity index (χ0n) is 14.1. The van der Waals surface area contributed by atoms with Gasteiger partial charge in [-0.15, -0.1) is 5.10 Å². The number of pyridine rings is 1. The maximum atomic E-state index is 12.6. The maximum absolute atomic E-state index is 12.6. The minimum Gasteiger partial charge on any atom is -0.347 e. The topological polar surface area (TPSA) is 84.7 Å². The van der Waals surface area contributed by atoms with Crippen molar-refractivity contribution >= 4 is 16.8 Å². The molecule has 1 saturated heterocycles. The van der Waals surface area contributed by atoms with Crippen molar-refractivity contribution in [3.05, 3.63) is 47.9 Å². The predicted molar refractivity (Wildman–Crippen MR) is 94.8 cm³/mol. The summed E-state index contributed by atoms with van der Waals surface area (Å²) in [6.07, 6.45) is 3.80. The first kappa shape index (κ1) is 15.7. The molecular weight excluding hydrogens is 316 g/mol. The second-order valence-corrected chi connectivity index (χ2v) is 6.30. The number of amides is 1. The Morgan fingerprint density at radius 1 is 1.32 bits per heavy atom. The molecule has 2 N–H and O–H groups in total. The number of para-hydroxylation sites is 1. The maximum Gasteiger partial charge on any atom is 0.274 e. The fourth-order valence-electron chi connectivity index (χ4n) is 3.26. The average molecular weight is 336 g/mol.